The summed E-state index contributed by atoms with van der Waals surface area (Å²) in [7, 11) is -1.80. The molecule has 0 aliphatic heterocycles. The van der Waals surface area contributed by atoms with Crippen molar-refractivity contribution < 1.29 is 14.3 Å². The molecule has 0 amide bonds. The predicted molar refractivity (Wildman–Crippen MR) is 92.5 cm³/mol. The van der Waals surface area contributed by atoms with Crippen molar-refractivity contribution in [1.82, 2.24) is 0 Å². The summed E-state index contributed by atoms with van der Waals surface area (Å²) < 4.78 is 6.76. The van der Waals surface area contributed by atoms with Gasteiger partial charge in [0.15, 0.2) is 8.32 Å². The van der Waals surface area contributed by atoms with Gasteiger partial charge in [-0.2, -0.15) is 0 Å². The molecule has 22 heavy (non-hydrogen) atoms. The lowest BCUT2D eigenvalue weighted by atomic mass is 9.63. The van der Waals surface area contributed by atoms with Crippen LogP contribution < -0.4 is 0 Å². The Labute approximate surface area is 136 Å². The molecule has 1 saturated carbocycles. The van der Waals surface area contributed by atoms with Gasteiger partial charge < -0.3 is 9.53 Å². The zero-order chi connectivity index (χ0) is 16.8. The van der Waals surface area contributed by atoms with Crippen molar-refractivity contribution in [3.8, 4) is 0 Å². The van der Waals surface area contributed by atoms with E-state index in [1.807, 2.05) is 6.08 Å². The summed E-state index contributed by atoms with van der Waals surface area (Å²) in [5, 5.41) is 9.51. The Hall–Kier alpha value is -0.613. The molecule has 2 rings (SSSR count). The quantitative estimate of drug-likeness (QED) is 0.588. The maximum absolute atomic E-state index is 11.3. The summed E-state index contributed by atoms with van der Waals surface area (Å²) in [5.41, 5.74) is 1.38. The minimum absolute atomic E-state index is 0.0414. The topological polar surface area (TPSA) is 46.5 Å². The average Bonchev–Trinajstić information content (AvgIpc) is 2.37. The number of hydrogen-bond donors (Lipinski definition) is 1. The lowest BCUT2D eigenvalue weighted by Gasteiger charge is -2.51. The van der Waals surface area contributed by atoms with Gasteiger partial charge in [0.05, 0.1) is 12.0 Å². The fraction of sp³-hybridized carbons (Fsp3) is 0.833. The molecule has 0 radical (unpaired) electrons. The number of carboxylic acid groups (broad SMARTS) is 1. The zero-order valence-electron chi connectivity index (χ0n) is 15.0. The maximum atomic E-state index is 11.3. The zero-order valence-corrected chi connectivity index (χ0v) is 16.0. The molecule has 126 valence electrons. The first-order valence-electron chi connectivity index (χ1n) is 8.59. The van der Waals surface area contributed by atoms with E-state index in [1.165, 1.54) is 5.57 Å². The van der Waals surface area contributed by atoms with Gasteiger partial charge >= 0.3 is 5.97 Å². The van der Waals surface area contributed by atoms with E-state index in [-0.39, 0.29) is 22.5 Å². The summed E-state index contributed by atoms with van der Waals surface area (Å²) in [6, 6.07) is 0. The van der Waals surface area contributed by atoms with Gasteiger partial charge in [0, 0.05) is 5.41 Å². The molecular weight excluding hydrogens is 292 g/mol. The van der Waals surface area contributed by atoms with Crippen molar-refractivity contribution in [2.45, 2.75) is 84.0 Å². The fourth-order valence-electron chi connectivity index (χ4n) is 3.58. The van der Waals surface area contributed by atoms with Gasteiger partial charge in [-0.15, -0.1) is 0 Å². The molecule has 0 spiro atoms. The first kappa shape index (κ1) is 17.7. The predicted octanol–water partition coefficient (Wildman–Crippen LogP) is 4.99. The summed E-state index contributed by atoms with van der Waals surface area (Å²) in [5.74, 6) is -0.975. The minimum Gasteiger partial charge on any atom is -0.481 e. The molecule has 3 atom stereocenters. The van der Waals surface area contributed by atoms with Crippen LogP contribution in [0.15, 0.2) is 11.6 Å². The summed E-state index contributed by atoms with van der Waals surface area (Å²) in [4.78, 5) is 11.3. The molecule has 0 aromatic heterocycles. The number of aliphatic carboxylic acids is 1. The monoisotopic (exact) mass is 324 g/mol. The molecule has 0 unspecified atom stereocenters. The summed E-state index contributed by atoms with van der Waals surface area (Å²) >= 11 is 0. The van der Waals surface area contributed by atoms with Gasteiger partial charge in [0.25, 0.3) is 0 Å². The molecular formula is C18H32O3Si. The lowest BCUT2D eigenvalue weighted by molar-refractivity contribution is -0.141. The highest BCUT2D eigenvalue weighted by molar-refractivity contribution is 6.74. The van der Waals surface area contributed by atoms with Crippen LogP contribution in [0, 0.1) is 11.3 Å². The number of hydrogen-bond acceptors (Lipinski definition) is 2. The molecule has 2 aliphatic rings. The van der Waals surface area contributed by atoms with Crippen LogP contribution in [0.3, 0.4) is 0 Å². The smallest absolute Gasteiger partial charge is 0.310 e. The van der Waals surface area contributed by atoms with Gasteiger partial charge in [-0.25, -0.2) is 0 Å². The van der Waals surface area contributed by atoms with E-state index in [2.05, 4.69) is 40.8 Å². The normalized spacial score (nSPS) is 33.1. The third-order valence-electron chi connectivity index (χ3n) is 6.29. The Morgan fingerprint density at radius 3 is 2.55 bits per heavy atom. The van der Waals surface area contributed by atoms with E-state index in [0.29, 0.717) is 0 Å². The van der Waals surface area contributed by atoms with Gasteiger partial charge in [-0.3, -0.25) is 4.79 Å². The van der Waals surface area contributed by atoms with Crippen LogP contribution in [0.5, 0.6) is 0 Å². The van der Waals surface area contributed by atoms with Crippen molar-refractivity contribution in [3.05, 3.63) is 11.6 Å². The third-order valence-corrected chi connectivity index (χ3v) is 10.8. The maximum Gasteiger partial charge on any atom is 0.310 e. The molecule has 3 nitrogen and oxygen atoms in total. The van der Waals surface area contributed by atoms with Gasteiger partial charge in [0.2, 0.25) is 0 Å². The molecule has 0 bridgehead atoms. The average molecular weight is 325 g/mol. The Balaban J connectivity index is 2.25. The number of carbonyl (C=O) groups is 1. The molecule has 0 heterocycles. The van der Waals surface area contributed by atoms with E-state index in [1.54, 1.807) is 0 Å². The number of fused-ring (bicyclic) bond motifs is 1. The Kier molecular flexibility index (Phi) is 4.67. The Bertz CT molecular complexity index is 475. The minimum atomic E-state index is -1.80. The van der Waals surface area contributed by atoms with Gasteiger partial charge in [0.1, 0.15) is 0 Å². The first-order chi connectivity index (χ1) is 9.97. The van der Waals surface area contributed by atoms with Gasteiger partial charge in [-0.05, 0) is 50.2 Å². The lowest BCUT2D eigenvalue weighted by Crippen LogP contribution is -2.51. The van der Waals surface area contributed by atoms with Crippen LogP contribution in [-0.4, -0.2) is 25.5 Å². The van der Waals surface area contributed by atoms with E-state index in [4.69, 9.17) is 4.43 Å². The Morgan fingerprint density at radius 1 is 1.36 bits per heavy atom. The van der Waals surface area contributed by atoms with E-state index in [0.717, 1.165) is 32.1 Å². The highest BCUT2D eigenvalue weighted by Gasteiger charge is 2.48. The number of carboxylic acids is 1. The van der Waals surface area contributed by atoms with Crippen LogP contribution in [0.25, 0.3) is 0 Å². The molecule has 1 N–H and O–H groups in total. The van der Waals surface area contributed by atoms with Crippen LogP contribution in [0.1, 0.15) is 59.8 Å². The Morgan fingerprint density at radius 2 is 2.00 bits per heavy atom. The van der Waals surface area contributed by atoms with Crippen molar-refractivity contribution in [3.63, 3.8) is 0 Å². The first-order valence-corrected chi connectivity index (χ1v) is 11.5. The molecule has 4 heteroatoms. The second-order valence-corrected chi connectivity index (χ2v) is 13.6. The van der Waals surface area contributed by atoms with Crippen molar-refractivity contribution >= 4 is 14.3 Å². The highest BCUT2D eigenvalue weighted by atomic mass is 28.4. The SMILES string of the molecule is CC(C)(C)[Si](C)(C)O[C@H]1CCCC2=C[C@H](C(=O)O)CC[C@@]21C. The second kappa shape index (κ2) is 5.79. The number of rotatable bonds is 3. The van der Waals surface area contributed by atoms with Crippen molar-refractivity contribution in [2.24, 2.45) is 11.3 Å². The molecule has 0 aromatic rings. The van der Waals surface area contributed by atoms with Crippen molar-refractivity contribution in [2.75, 3.05) is 0 Å². The highest BCUT2D eigenvalue weighted by Crippen LogP contribution is 2.51. The van der Waals surface area contributed by atoms with Crippen LogP contribution in [0.2, 0.25) is 18.1 Å². The molecule has 0 aromatic carbocycles. The third kappa shape index (κ3) is 3.18. The van der Waals surface area contributed by atoms with E-state index in [9.17, 15) is 9.90 Å². The fourth-order valence-corrected chi connectivity index (χ4v) is 5.02. The molecule has 1 fully saturated rings. The molecule has 0 saturated heterocycles. The van der Waals surface area contributed by atoms with Crippen LogP contribution in [-0.2, 0) is 9.22 Å². The van der Waals surface area contributed by atoms with Crippen molar-refractivity contribution in [1.29, 1.82) is 0 Å². The molecule has 2 aliphatic carbocycles. The summed E-state index contributed by atoms with van der Waals surface area (Å²) in [6.07, 6.45) is 7.24. The van der Waals surface area contributed by atoms with E-state index < -0.39 is 14.3 Å². The van der Waals surface area contributed by atoms with Gasteiger partial charge in [-0.1, -0.05) is 39.3 Å². The van der Waals surface area contributed by atoms with Crippen LogP contribution >= 0.6 is 0 Å². The second-order valence-electron chi connectivity index (χ2n) is 8.85. The summed E-state index contributed by atoms with van der Waals surface area (Å²) in [6.45, 7) is 13.8. The standard InChI is InChI=1S/C18H32O3Si/c1-17(2,3)22(5,6)21-15-9-7-8-14-12-13(16(19)20)10-11-18(14,15)4/h12-13,15H,7-11H2,1-6H3,(H,19,20)/t13-,15+,18+/m1/s1. The van der Waals surface area contributed by atoms with Crippen LogP contribution in [0.4, 0.5) is 0 Å². The van der Waals surface area contributed by atoms with E-state index >= 15 is 0 Å². The largest absolute Gasteiger partial charge is 0.481 e.